The van der Waals surface area contributed by atoms with Crippen LogP contribution in [0.4, 0.5) is 0 Å². The van der Waals surface area contributed by atoms with Crippen molar-refractivity contribution >= 4 is 5.91 Å². The maximum absolute atomic E-state index is 12.1. The molecule has 1 N–H and O–H groups in total. The van der Waals surface area contributed by atoms with E-state index in [0.29, 0.717) is 6.54 Å². The van der Waals surface area contributed by atoms with E-state index in [9.17, 15) is 4.79 Å². The van der Waals surface area contributed by atoms with Gasteiger partial charge in [-0.2, -0.15) is 5.26 Å². The first-order chi connectivity index (χ1) is 8.46. The highest BCUT2D eigenvalue weighted by Gasteiger charge is 2.22. The van der Waals surface area contributed by atoms with Gasteiger partial charge in [0.2, 0.25) is 5.91 Å². The topological polar surface area (TPSA) is 56.1 Å². The Balaban J connectivity index is 4.36. The average molecular weight is 253 g/mol. The summed E-state index contributed by atoms with van der Waals surface area (Å²) in [4.78, 5) is 14.1. The molecule has 0 bridgehead atoms. The van der Waals surface area contributed by atoms with Crippen molar-refractivity contribution in [3.8, 4) is 6.07 Å². The highest BCUT2D eigenvalue weighted by atomic mass is 16.2. The Morgan fingerprint density at radius 3 is 2.39 bits per heavy atom. The normalized spacial score (nSPS) is 15.8. The second-order valence-corrected chi connectivity index (χ2v) is 4.99. The Bertz CT molecular complexity index is 285. The number of likely N-dealkylation sites (N-methyl/N-ethyl adjacent to an activating group) is 1. The van der Waals surface area contributed by atoms with E-state index in [-0.39, 0.29) is 23.9 Å². The molecular weight excluding hydrogens is 226 g/mol. The minimum absolute atomic E-state index is 0.0479. The van der Waals surface area contributed by atoms with Gasteiger partial charge in [-0.05, 0) is 33.7 Å². The molecule has 0 aliphatic rings. The van der Waals surface area contributed by atoms with Crippen LogP contribution in [0.1, 0.15) is 47.5 Å². The van der Waals surface area contributed by atoms with Crippen molar-refractivity contribution in [2.45, 2.75) is 59.5 Å². The number of amides is 1. The molecule has 0 aromatic carbocycles. The largest absolute Gasteiger partial charge is 0.352 e. The van der Waals surface area contributed by atoms with E-state index in [0.717, 1.165) is 19.4 Å². The summed E-state index contributed by atoms with van der Waals surface area (Å²) in [6, 6.07) is 2.25. The molecule has 18 heavy (non-hydrogen) atoms. The van der Waals surface area contributed by atoms with Crippen LogP contribution < -0.4 is 5.32 Å². The summed E-state index contributed by atoms with van der Waals surface area (Å²) in [6.07, 6.45) is 2.07. The third kappa shape index (κ3) is 6.02. The second-order valence-electron chi connectivity index (χ2n) is 4.99. The van der Waals surface area contributed by atoms with Gasteiger partial charge in [0.1, 0.15) is 0 Å². The molecule has 3 unspecified atom stereocenters. The molecule has 1 amide bonds. The van der Waals surface area contributed by atoms with Crippen molar-refractivity contribution < 1.29 is 4.79 Å². The third-order valence-electron chi connectivity index (χ3n) is 3.17. The van der Waals surface area contributed by atoms with Crippen molar-refractivity contribution in [2.75, 3.05) is 13.1 Å². The molecule has 104 valence electrons. The van der Waals surface area contributed by atoms with Crippen LogP contribution >= 0.6 is 0 Å². The predicted octanol–water partition coefficient (Wildman–Crippen LogP) is 2.16. The second kappa shape index (κ2) is 8.93. The Hall–Kier alpha value is -1.08. The number of carbonyl (C=O) groups excluding carboxylic acids is 1. The Labute approximate surface area is 111 Å². The van der Waals surface area contributed by atoms with Crippen molar-refractivity contribution in [1.82, 2.24) is 10.2 Å². The fourth-order valence-corrected chi connectivity index (χ4v) is 1.99. The van der Waals surface area contributed by atoms with Gasteiger partial charge in [-0.3, -0.25) is 9.69 Å². The Morgan fingerprint density at radius 1 is 1.33 bits per heavy atom. The number of nitriles is 1. The summed E-state index contributed by atoms with van der Waals surface area (Å²) < 4.78 is 0. The fraction of sp³-hybridized carbons (Fsp3) is 0.857. The summed E-state index contributed by atoms with van der Waals surface area (Å²) in [5, 5.41) is 11.9. The molecule has 4 nitrogen and oxygen atoms in total. The van der Waals surface area contributed by atoms with Gasteiger partial charge in [0.25, 0.3) is 0 Å². The van der Waals surface area contributed by atoms with Crippen molar-refractivity contribution in [1.29, 1.82) is 5.26 Å². The molecule has 0 spiro atoms. The van der Waals surface area contributed by atoms with E-state index in [2.05, 4.69) is 18.3 Å². The number of nitrogens with one attached hydrogen (secondary N) is 1. The minimum atomic E-state index is -0.176. The zero-order valence-electron chi connectivity index (χ0n) is 12.4. The molecule has 0 rings (SSSR count). The quantitative estimate of drug-likeness (QED) is 0.721. The van der Waals surface area contributed by atoms with Gasteiger partial charge in [0.15, 0.2) is 0 Å². The highest BCUT2D eigenvalue weighted by molar-refractivity contribution is 5.81. The summed E-state index contributed by atoms with van der Waals surface area (Å²) in [7, 11) is 0. The lowest BCUT2D eigenvalue weighted by Crippen LogP contribution is -2.48. The zero-order valence-corrected chi connectivity index (χ0v) is 12.4. The van der Waals surface area contributed by atoms with Crippen LogP contribution in [0.3, 0.4) is 0 Å². The maximum atomic E-state index is 12.1. The fourth-order valence-electron chi connectivity index (χ4n) is 1.99. The summed E-state index contributed by atoms with van der Waals surface area (Å²) in [6.45, 7) is 11.4. The molecule has 0 fully saturated rings. The lowest BCUT2D eigenvalue weighted by molar-refractivity contribution is -0.126. The molecular formula is C14H27N3O. The molecule has 0 radical (unpaired) electrons. The number of nitrogens with zero attached hydrogens (tertiary/aromatic N) is 2. The van der Waals surface area contributed by atoms with Crippen LogP contribution in [0, 0.1) is 17.2 Å². The third-order valence-corrected chi connectivity index (χ3v) is 3.17. The number of hydrogen-bond acceptors (Lipinski definition) is 3. The smallest absolute Gasteiger partial charge is 0.237 e. The van der Waals surface area contributed by atoms with Gasteiger partial charge in [-0.1, -0.05) is 20.3 Å². The minimum Gasteiger partial charge on any atom is -0.352 e. The number of rotatable bonds is 8. The van der Waals surface area contributed by atoms with Crippen LogP contribution in [0.15, 0.2) is 0 Å². The van der Waals surface area contributed by atoms with Gasteiger partial charge in [0, 0.05) is 12.6 Å². The predicted molar refractivity (Wildman–Crippen MR) is 74.0 cm³/mol. The zero-order chi connectivity index (χ0) is 14.1. The first kappa shape index (κ1) is 16.9. The van der Waals surface area contributed by atoms with Gasteiger partial charge in [0.05, 0.1) is 18.0 Å². The van der Waals surface area contributed by atoms with Crippen LogP contribution in [-0.4, -0.2) is 36.0 Å². The first-order valence-corrected chi connectivity index (χ1v) is 6.90. The molecule has 3 atom stereocenters. The van der Waals surface area contributed by atoms with Gasteiger partial charge in [-0.15, -0.1) is 0 Å². The lowest BCUT2D eigenvalue weighted by Gasteiger charge is -2.28. The standard InChI is InChI=1S/C14H27N3O/c1-6-8-12(4)16-14(18)13(5)17(7-2)10-11(3)9-15/h11-13H,6-8,10H2,1-5H3,(H,16,18). The van der Waals surface area contributed by atoms with Crippen molar-refractivity contribution in [2.24, 2.45) is 5.92 Å². The van der Waals surface area contributed by atoms with Crippen LogP contribution in [0.5, 0.6) is 0 Å². The summed E-state index contributed by atoms with van der Waals surface area (Å²) in [5.41, 5.74) is 0. The van der Waals surface area contributed by atoms with E-state index in [1.165, 1.54) is 0 Å². The Kier molecular flexibility index (Phi) is 8.40. The van der Waals surface area contributed by atoms with Crippen LogP contribution in [0.2, 0.25) is 0 Å². The van der Waals surface area contributed by atoms with Crippen LogP contribution in [0.25, 0.3) is 0 Å². The molecule has 0 aliphatic heterocycles. The van der Waals surface area contributed by atoms with Crippen molar-refractivity contribution in [3.63, 3.8) is 0 Å². The van der Waals surface area contributed by atoms with E-state index in [1.807, 2.05) is 32.6 Å². The molecule has 0 saturated carbocycles. The van der Waals surface area contributed by atoms with Gasteiger partial charge in [-0.25, -0.2) is 0 Å². The molecule has 0 heterocycles. The summed E-state index contributed by atoms with van der Waals surface area (Å²) >= 11 is 0. The monoisotopic (exact) mass is 253 g/mol. The Morgan fingerprint density at radius 2 is 1.94 bits per heavy atom. The van der Waals surface area contributed by atoms with Gasteiger partial charge >= 0.3 is 0 Å². The maximum Gasteiger partial charge on any atom is 0.237 e. The lowest BCUT2D eigenvalue weighted by atomic mass is 10.1. The summed E-state index contributed by atoms with van der Waals surface area (Å²) in [5.74, 6) is 0.0104. The SMILES string of the molecule is CCCC(C)NC(=O)C(C)N(CC)CC(C)C#N. The first-order valence-electron chi connectivity index (χ1n) is 6.90. The van der Waals surface area contributed by atoms with E-state index in [1.54, 1.807) is 0 Å². The average Bonchev–Trinajstić information content (AvgIpc) is 2.34. The number of hydrogen-bond donors (Lipinski definition) is 1. The van der Waals surface area contributed by atoms with E-state index < -0.39 is 0 Å². The van der Waals surface area contributed by atoms with E-state index >= 15 is 0 Å². The molecule has 0 aromatic rings. The molecule has 0 aromatic heterocycles. The van der Waals surface area contributed by atoms with Crippen molar-refractivity contribution in [3.05, 3.63) is 0 Å². The highest BCUT2D eigenvalue weighted by Crippen LogP contribution is 2.05. The van der Waals surface area contributed by atoms with Gasteiger partial charge < -0.3 is 5.32 Å². The molecule has 4 heteroatoms. The molecule has 0 saturated heterocycles. The molecule has 0 aliphatic carbocycles. The van der Waals surface area contributed by atoms with Crippen LogP contribution in [-0.2, 0) is 4.79 Å². The van der Waals surface area contributed by atoms with E-state index in [4.69, 9.17) is 5.26 Å². The number of carbonyl (C=O) groups is 1.